The topological polar surface area (TPSA) is 70.8 Å². The first-order valence-electron chi connectivity index (χ1n) is 11.0. The molecule has 4 heterocycles. The van der Waals surface area contributed by atoms with E-state index < -0.39 is 0 Å². The first-order valence-corrected chi connectivity index (χ1v) is 11.4. The van der Waals surface area contributed by atoms with Gasteiger partial charge < -0.3 is 9.80 Å². The normalized spacial score (nSPS) is 14.7. The van der Waals surface area contributed by atoms with Gasteiger partial charge in [0.15, 0.2) is 0 Å². The molecule has 1 saturated heterocycles. The van der Waals surface area contributed by atoms with Crippen LogP contribution in [0.1, 0.15) is 51.9 Å². The quantitative estimate of drug-likeness (QED) is 0.550. The van der Waals surface area contributed by atoms with Crippen LogP contribution in [-0.2, 0) is 6.42 Å². The van der Waals surface area contributed by atoms with Gasteiger partial charge in [-0.3, -0.25) is 14.0 Å². The van der Waals surface area contributed by atoms with Crippen molar-refractivity contribution in [1.82, 2.24) is 24.2 Å². The molecule has 0 saturated carbocycles. The molecule has 2 amide bonds. The maximum atomic E-state index is 13.1. The molecule has 1 fully saturated rings. The van der Waals surface area contributed by atoms with Gasteiger partial charge in [0.1, 0.15) is 16.5 Å². The molecule has 168 valence electrons. The fraction of sp³-hybridized carbons (Fsp3) is 0.417. The zero-order valence-corrected chi connectivity index (χ0v) is 19.5. The Labute approximate surface area is 193 Å². The van der Waals surface area contributed by atoms with Crippen LogP contribution in [-0.4, -0.2) is 62.7 Å². The summed E-state index contributed by atoms with van der Waals surface area (Å²) in [4.78, 5) is 38.3. The fourth-order valence-corrected chi connectivity index (χ4v) is 4.45. The number of likely N-dealkylation sites (tertiary alicyclic amines) is 1. The number of carbonyl (C=O) groups excluding carboxylic acids is 2. The lowest BCUT2D eigenvalue weighted by atomic mass is 9.95. The number of fused-ring (bicyclic) bond motifs is 1. The molecular formula is C24H28ClN5O2. The van der Waals surface area contributed by atoms with Gasteiger partial charge in [-0.25, -0.2) is 9.97 Å². The first-order chi connectivity index (χ1) is 15.4. The summed E-state index contributed by atoms with van der Waals surface area (Å²) >= 11 is 6.14. The van der Waals surface area contributed by atoms with Crippen molar-refractivity contribution in [2.45, 2.75) is 33.1 Å². The average molecular weight is 454 g/mol. The summed E-state index contributed by atoms with van der Waals surface area (Å²) in [5, 5.41) is 0.243. The third kappa shape index (κ3) is 4.48. The summed E-state index contributed by atoms with van der Waals surface area (Å²) in [5.41, 5.74) is 3.74. The van der Waals surface area contributed by atoms with Crippen molar-refractivity contribution in [2.75, 3.05) is 26.7 Å². The summed E-state index contributed by atoms with van der Waals surface area (Å²) in [5.74, 6) is 0.242. The number of imidazole rings is 1. The molecule has 0 spiro atoms. The van der Waals surface area contributed by atoms with Crippen molar-refractivity contribution < 1.29 is 9.59 Å². The zero-order valence-electron chi connectivity index (χ0n) is 18.7. The Bertz CT molecular complexity index is 1150. The predicted molar refractivity (Wildman–Crippen MR) is 124 cm³/mol. The van der Waals surface area contributed by atoms with Gasteiger partial charge in [0.05, 0.1) is 11.3 Å². The second-order valence-corrected chi connectivity index (χ2v) is 8.86. The Morgan fingerprint density at radius 2 is 2.00 bits per heavy atom. The largest absolute Gasteiger partial charge is 0.340 e. The Hall–Kier alpha value is -2.93. The van der Waals surface area contributed by atoms with E-state index in [-0.39, 0.29) is 17.0 Å². The van der Waals surface area contributed by atoms with Crippen LogP contribution in [0.3, 0.4) is 0 Å². The molecule has 3 aromatic rings. The number of aromatic nitrogens is 3. The van der Waals surface area contributed by atoms with Crippen LogP contribution in [0, 0.1) is 12.8 Å². The van der Waals surface area contributed by atoms with Crippen LogP contribution in [0.2, 0.25) is 5.15 Å². The Morgan fingerprint density at radius 3 is 2.72 bits per heavy atom. The molecule has 0 radical (unpaired) electrons. The molecule has 0 atom stereocenters. The number of nitrogens with zero attached hydrogens (tertiary/aromatic N) is 5. The van der Waals surface area contributed by atoms with Crippen molar-refractivity contribution in [1.29, 1.82) is 0 Å². The maximum Gasteiger partial charge on any atom is 0.270 e. The predicted octanol–water partition coefficient (Wildman–Crippen LogP) is 3.88. The molecule has 0 bridgehead atoms. The van der Waals surface area contributed by atoms with Gasteiger partial charge in [-0.1, -0.05) is 24.6 Å². The lowest BCUT2D eigenvalue weighted by Crippen LogP contribution is -2.42. The van der Waals surface area contributed by atoms with Crippen LogP contribution in [0.15, 0.2) is 36.7 Å². The molecule has 1 aliphatic heterocycles. The lowest BCUT2D eigenvalue weighted by molar-refractivity contribution is 0.0631. The second-order valence-electron chi connectivity index (χ2n) is 8.50. The monoisotopic (exact) mass is 453 g/mol. The van der Waals surface area contributed by atoms with Gasteiger partial charge in [-0.2, -0.15) is 0 Å². The number of amides is 2. The molecule has 0 aliphatic carbocycles. The highest BCUT2D eigenvalue weighted by Crippen LogP contribution is 2.23. The van der Waals surface area contributed by atoms with E-state index in [0.29, 0.717) is 36.8 Å². The summed E-state index contributed by atoms with van der Waals surface area (Å²) in [6, 6.07) is 7.42. The van der Waals surface area contributed by atoms with E-state index in [2.05, 4.69) is 16.9 Å². The van der Waals surface area contributed by atoms with E-state index in [1.165, 1.54) is 0 Å². The molecule has 0 unspecified atom stereocenters. The molecule has 7 nitrogen and oxygen atoms in total. The third-order valence-corrected chi connectivity index (χ3v) is 6.41. The zero-order chi connectivity index (χ0) is 22.8. The van der Waals surface area contributed by atoms with E-state index in [1.54, 1.807) is 17.2 Å². The molecule has 1 aliphatic rings. The number of carbonyl (C=O) groups is 2. The number of aryl methyl sites for hydroxylation is 2. The number of rotatable bonds is 5. The van der Waals surface area contributed by atoms with E-state index in [0.717, 1.165) is 36.2 Å². The van der Waals surface area contributed by atoms with Gasteiger partial charge in [-0.15, -0.1) is 0 Å². The molecule has 0 N–H and O–H groups in total. The standard InChI is InChI=1S/C24H28ClN5O2/c1-4-18-15-30-20(6-5-7-21(30)27-18)24(32)28(3)14-17-8-10-29(11-9-17)23(31)19-12-16(2)13-26-22(19)25/h5-7,12-13,15,17H,4,8-11,14H2,1-3H3. The van der Waals surface area contributed by atoms with Crippen molar-refractivity contribution in [3.63, 3.8) is 0 Å². The van der Waals surface area contributed by atoms with Crippen molar-refractivity contribution in [2.24, 2.45) is 5.92 Å². The minimum Gasteiger partial charge on any atom is -0.340 e. The van der Waals surface area contributed by atoms with Crippen molar-refractivity contribution >= 4 is 29.1 Å². The van der Waals surface area contributed by atoms with Crippen molar-refractivity contribution in [3.8, 4) is 0 Å². The second kappa shape index (κ2) is 9.28. The minimum absolute atomic E-state index is 0.0215. The summed E-state index contributed by atoms with van der Waals surface area (Å²) in [7, 11) is 1.84. The summed E-state index contributed by atoms with van der Waals surface area (Å²) in [6.07, 6.45) is 6.11. The van der Waals surface area contributed by atoms with Crippen LogP contribution in [0.25, 0.3) is 5.65 Å². The molecule has 0 aromatic carbocycles. The van der Waals surface area contributed by atoms with Crippen LogP contribution in [0.4, 0.5) is 0 Å². The number of piperidine rings is 1. The molecule has 32 heavy (non-hydrogen) atoms. The highest BCUT2D eigenvalue weighted by molar-refractivity contribution is 6.32. The third-order valence-electron chi connectivity index (χ3n) is 6.11. The number of halogens is 1. The minimum atomic E-state index is -0.0763. The van der Waals surface area contributed by atoms with E-state index >= 15 is 0 Å². The summed E-state index contributed by atoms with van der Waals surface area (Å²) < 4.78 is 1.87. The van der Waals surface area contributed by atoms with Crippen LogP contribution >= 0.6 is 11.6 Å². The lowest BCUT2D eigenvalue weighted by Gasteiger charge is -2.34. The van der Waals surface area contributed by atoms with Gasteiger partial charge in [0, 0.05) is 39.1 Å². The Balaban J connectivity index is 1.38. The highest BCUT2D eigenvalue weighted by atomic mass is 35.5. The number of hydrogen-bond acceptors (Lipinski definition) is 4. The SMILES string of the molecule is CCc1cn2c(C(=O)N(C)CC3CCN(C(=O)c4cc(C)cnc4Cl)CC3)cccc2n1. The molecular weight excluding hydrogens is 426 g/mol. The Morgan fingerprint density at radius 1 is 1.25 bits per heavy atom. The van der Waals surface area contributed by atoms with Crippen LogP contribution < -0.4 is 0 Å². The fourth-order valence-electron chi connectivity index (χ4n) is 4.26. The van der Waals surface area contributed by atoms with Crippen molar-refractivity contribution in [3.05, 3.63) is 64.3 Å². The van der Waals surface area contributed by atoms with E-state index in [9.17, 15) is 9.59 Å². The molecule has 3 aromatic heterocycles. The average Bonchev–Trinajstić information content (AvgIpc) is 3.24. The van der Waals surface area contributed by atoms with Crippen LogP contribution in [0.5, 0.6) is 0 Å². The van der Waals surface area contributed by atoms with E-state index in [4.69, 9.17) is 11.6 Å². The molecule has 8 heteroatoms. The van der Waals surface area contributed by atoms with Gasteiger partial charge in [0.2, 0.25) is 0 Å². The summed E-state index contributed by atoms with van der Waals surface area (Å²) in [6.45, 7) is 5.89. The number of pyridine rings is 2. The number of hydrogen-bond donors (Lipinski definition) is 0. The Kier molecular flexibility index (Phi) is 6.46. The van der Waals surface area contributed by atoms with Gasteiger partial charge in [-0.05, 0) is 55.9 Å². The first kappa shape index (κ1) is 22.3. The highest BCUT2D eigenvalue weighted by Gasteiger charge is 2.27. The smallest absolute Gasteiger partial charge is 0.270 e. The van der Waals surface area contributed by atoms with E-state index in [1.807, 2.05) is 47.7 Å². The van der Waals surface area contributed by atoms with Gasteiger partial charge >= 0.3 is 0 Å². The van der Waals surface area contributed by atoms with Gasteiger partial charge in [0.25, 0.3) is 11.8 Å². The molecule has 4 rings (SSSR count). The maximum absolute atomic E-state index is 13.1.